The summed E-state index contributed by atoms with van der Waals surface area (Å²) in [5, 5.41) is 0. The molecule has 1 fully saturated rings. The number of benzene rings is 1. The second kappa shape index (κ2) is 4.50. The van der Waals surface area contributed by atoms with Gasteiger partial charge in [0.1, 0.15) is 0 Å². The molecule has 1 saturated carbocycles. The quantitative estimate of drug-likeness (QED) is 0.933. The number of ether oxygens (including phenoxy) is 2. The Hall–Kier alpha value is -0.740. The Morgan fingerprint density at radius 3 is 2.24 bits per heavy atom. The van der Waals surface area contributed by atoms with Crippen molar-refractivity contribution in [2.45, 2.75) is 31.7 Å². The predicted octanol–water partition coefficient (Wildman–Crippen LogP) is 3.11. The van der Waals surface area contributed by atoms with Crippen molar-refractivity contribution in [2.75, 3.05) is 14.2 Å². The largest absolute Gasteiger partial charge is 0.492 e. The van der Waals surface area contributed by atoms with Gasteiger partial charge in [-0.3, -0.25) is 0 Å². The number of aryl methyl sites for hydroxylation is 1. The summed E-state index contributed by atoms with van der Waals surface area (Å²) >= 11 is 3.49. The summed E-state index contributed by atoms with van der Waals surface area (Å²) in [6.45, 7) is 2.06. The maximum Gasteiger partial charge on any atom is 0.175 e. The molecule has 0 spiro atoms. The van der Waals surface area contributed by atoms with E-state index in [1.54, 1.807) is 14.2 Å². The standard InChI is InChI=1S/C13H18BrNO2/c1-8-7-9(14)11(16-2)12(17-3)10(8)13(15)5-4-6-13/h7H,4-6,15H2,1-3H3. The molecule has 2 rings (SSSR count). The first kappa shape index (κ1) is 12.7. The molecule has 2 N–H and O–H groups in total. The SMILES string of the molecule is COc1c(Br)cc(C)c(C2(N)CCC2)c1OC. The average molecular weight is 300 g/mol. The molecule has 1 aliphatic rings. The van der Waals surface area contributed by atoms with E-state index < -0.39 is 0 Å². The monoisotopic (exact) mass is 299 g/mol. The van der Waals surface area contributed by atoms with Gasteiger partial charge in [-0.1, -0.05) is 0 Å². The van der Waals surface area contributed by atoms with Crippen LogP contribution in [0.5, 0.6) is 11.5 Å². The van der Waals surface area contributed by atoms with E-state index in [1.165, 1.54) is 6.42 Å². The minimum Gasteiger partial charge on any atom is -0.492 e. The van der Waals surface area contributed by atoms with Crippen LogP contribution in [0, 0.1) is 6.92 Å². The lowest BCUT2D eigenvalue weighted by molar-refractivity contribution is 0.239. The average Bonchev–Trinajstić information content (AvgIpc) is 2.25. The fraction of sp³-hybridized carbons (Fsp3) is 0.538. The highest BCUT2D eigenvalue weighted by atomic mass is 79.9. The molecule has 1 aromatic rings. The maximum atomic E-state index is 6.42. The van der Waals surface area contributed by atoms with Crippen molar-refractivity contribution in [1.29, 1.82) is 0 Å². The van der Waals surface area contributed by atoms with Crippen molar-refractivity contribution in [3.05, 3.63) is 21.7 Å². The third-order valence-electron chi connectivity index (χ3n) is 3.54. The fourth-order valence-electron chi connectivity index (χ4n) is 2.54. The van der Waals surface area contributed by atoms with Gasteiger partial charge in [0.2, 0.25) is 0 Å². The molecule has 0 amide bonds. The van der Waals surface area contributed by atoms with E-state index in [1.807, 2.05) is 6.07 Å². The zero-order valence-corrected chi connectivity index (χ0v) is 12.1. The van der Waals surface area contributed by atoms with Gasteiger partial charge >= 0.3 is 0 Å². The number of methoxy groups -OCH3 is 2. The van der Waals surface area contributed by atoms with E-state index in [0.29, 0.717) is 0 Å². The summed E-state index contributed by atoms with van der Waals surface area (Å²) in [5.74, 6) is 1.49. The van der Waals surface area contributed by atoms with Crippen molar-refractivity contribution in [1.82, 2.24) is 0 Å². The molecule has 0 aromatic heterocycles. The Morgan fingerprint density at radius 1 is 1.24 bits per heavy atom. The van der Waals surface area contributed by atoms with Crippen molar-refractivity contribution < 1.29 is 9.47 Å². The number of nitrogens with two attached hydrogens (primary N) is 1. The molecule has 1 aromatic carbocycles. The summed E-state index contributed by atoms with van der Waals surface area (Å²) < 4.78 is 11.8. The van der Waals surface area contributed by atoms with Gasteiger partial charge in [0.15, 0.2) is 11.5 Å². The molecule has 0 bridgehead atoms. The van der Waals surface area contributed by atoms with Gasteiger partial charge in [-0.25, -0.2) is 0 Å². The Balaban J connectivity index is 2.64. The zero-order valence-electron chi connectivity index (χ0n) is 10.5. The Bertz CT molecular complexity index is 442. The third kappa shape index (κ3) is 1.93. The molecule has 0 unspecified atom stereocenters. The van der Waals surface area contributed by atoms with Crippen LogP contribution < -0.4 is 15.2 Å². The molecule has 0 atom stereocenters. The van der Waals surface area contributed by atoms with Crippen LogP contribution in [0.4, 0.5) is 0 Å². The minimum absolute atomic E-state index is 0.247. The van der Waals surface area contributed by atoms with Gasteiger partial charge < -0.3 is 15.2 Å². The predicted molar refractivity (Wildman–Crippen MR) is 71.7 cm³/mol. The van der Waals surface area contributed by atoms with Crippen molar-refractivity contribution in [3.8, 4) is 11.5 Å². The van der Waals surface area contributed by atoms with Crippen LogP contribution in [0.3, 0.4) is 0 Å². The Morgan fingerprint density at radius 2 is 1.82 bits per heavy atom. The molecule has 0 aliphatic heterocycles. The van der Waals surface area contributed by atoms with Crippen molar-refractivity contribution in [2.24, 2.45) is 5.73 Å². The fourth-order valence-corrected chi connectivity index (χ4v) is 3.23. The molecule has 0 radical (unpaired) electrons. The van der Waals surface area contributed by atoms with E-state index >= 15 is 0 Å². The van der Waals surface area contributed by atoms with E-state index in [4.69, 9.17) is 15.2 Å². The maximum absolute atomic E-state index is 6.42. The summed E-state index contributed by atoms with van der Waals surface area (Å²) in [5.41, 5.74) is 8.42. The van der Waals surface area contributed by atoms with Gasteiger partial charge in [-0.15, -0.1) is 0 Å². The van der Waals surface area contributed by atoms with E-state index in [2.05, 4.69) is 22.9 Å². The molecule has 94 valence electrons. The molecular weight excluding hydrogens is 282 g/mol. The zero-order chi connectivity index (χ0) is 12.6. The van der Waals surface area contributed by atoms with E-state index in [-0.39, 0.29) is 5.54 Å². The topological polar surface area (TPSA) is 44.5 Å². The molecule has 1 aliphatic carbocycles. The number of hydrogen-bond donors (Lipinski definition) is 1. The third-order valence-corrected chi connectivity index (χ3v) is 4.13. The number of rotatable bonds is 3. The van der Waals surface area contributed by atoms with Crippen LogP contribution in [0.15, 0.2) is 10.5 Å². The van der Waals surface area contributed by atoms with Crippen LogP contribution in [-0.4, -0.2) is 14.2 Å². The lowest BCUT2D eigenvalue weighted by Gasteiger charge is -2.40. The second-order valence-electron chi connectivity index (χ2n) is 4.63. The first-order valence-corrected chi connectivity index (χ1v) is 6.53. The minimum atomic E-state index is -0.247. The molecular formula is C13H18BrNO2. The second-order valence-corrected chi connectivity index (χ2v) is 5.48. The van der Waals surface area contributed by atoms with Gasteiger partial charge in [0.25, 0.3) is 0 Å². The lowest BCUT2D eigenvalue weighted by atomic mass is 9.71. The summed E-state index contributed by atoms with van der Waals surface area (Å²) in [4.78, 5) is 0. The van der Waals surface area contributed by atoms with Gasteiger partial charge in [0, 0.05) is 11.1 Å². The van der Waals surface area contributed by atoms with Crippen LogP contribution >= 0.6 is 15.9 Å². The van der Waals surface area contributed by atoms with Crippen LogP contribution in [0.2, 0.25) is 0 Å². The molecule has 0 heterocycles. The van der Waals surface area contributed by atoms with Crippen LogP contribution in [-0.2, 0) is 5.54 Å². The van der Waals surface area contributed by atoms with Gasteiger partial charge in [0.05, 0.1) is 18.7 Å². The molecule has 0 saturated heterocycles. The number of hydrogen-bond acceptors (Lipinski definition) is 3. The van der Waals surface area contributed by atoms with Crippen molar-refractivity contribution in [3.63, 3.8) is 0 Å². The normalized spacial score (nSPS) is 17.5. The summed E-state index contributed by atoms with van der Waals surface area (Å²) in [6, 6.07) is 2.05. The first-order valence-electron chi connectivity index (χ1n) is 5.74. The molecule has 4 heteroatoms. The highest BCUT2D eigenvalue weighted by Gasteiger charge is 2.39. The summed E-state index contributed by atoms with van der Waals surface area (Å²) in [6.07, 6.45) is 3.20. The molecule has 3 nitrogen and oxygen atoms in total. The molecule has 17 heavy (non-hydrogen) atoms. The Labute approximate surface area is 110 Å². The van der Waals surface area contributed by atoms with Crippen LogP contribution in [0.1, 0.15) is 30.4 Å². The van der Waals surface area contributed by atoms with Crippen LogP contribution in [0.25, 0.3) is 0 Å². The Kier molecular flexibility index (Phi) is 3.36. The van der Waals surface area contributed by atoms with E-state index in [9.17, 15) is 0 Å². The smallest absolute Gasteiger partial charge is 0.175 e. The van der Waals surface area contributed by atoms with Crippen molar-refractivity contribution >= 4 is 15.9 Å². The van der Waals surface area contributed by atoms with Gasteiger partial charge in [-0.2, -0.15) is 0 Å². The number of halogens is 1. The summed E-state index contributed by atoms with van der Waals surface area (Å²) in [7, 11) is 3.31. The van der Waals surface area contributed by atoms with E-state index in [0.717, 1.165) is 39.9 Å². The van der Waals surface area contributed by atoms with Gasteiger partial charge in [-0.05, 0) is 53.7 Å². The highest BCUT2D eigenvalue weighted by Crippen LogP contribution is 2.49. The highest BCUT2D eigenvalue weighted by molar-refractivity contribution is 9.10. The lowest BCUT2D eigenvalue weighted by Crippen LogP contribution is -2.44. The first-order chi connectivity index (χ1) is 8.03.